The molecule has 1 heterocycles. The Balaban J connectivity index is 2.19. The third-order valence-electron chi connectivity index (χ3n) is 3.97. The van der Waals surface area contributed by atoms with Crippen LogP contribution in [-0.4, -0.2) is 4.98 Å². The van der Waals surface area contributed by atoms with Gasteiger partial charge >= 0.3 is 0 Å². The molecule has 0 unspecified atom stereocenters. The minimum atomic E-state index is 0.187. The zero-order valence-corrected chi connectivity index (χ0v) is 13.3. The third-order valence-corrected chi connectivity index (χ3v) is 3.97. The van der Waals surface area contributed by atoms with E-state index in [4.69, 9.17) is 10.5 Å². The topological polar surface area (TPSA) is 48.1 Å². The molecule has 112 valence electrons. The van der Waals surface area contributed by atoms with Crippen molar-refractivity contribution in [1.82, 2.24) is 4.98 Å². The lowest BCUT2D eigenvalue weighted by atomic mass is 9.82. The molecular formula is C18H24N2O. The van der Waals surface area contributed by atoms with E-state index in [1.165, 1.54) is 5.56 Å². The molecule has 2 N–H and O–H groups in total. The Kier molecular flexibility index (Phi) is 4.63. The molecule has 0 saturated carbocycles. The van der Waals surface area contributed by atoms with Crippen molar-refractivity contribution >= 4 is 0 Å². The van der Waals surface area contributed by atoms with Crippen LogP contribution in [0.4, 0.5) is 0 Å². The summed E-state index contributed by atoms with van der Waals surface area (Å²) >= 11 is 0. The second kappa shape index (κ2) is 6.27. The number of benzene rings is 1. The van der Waals surface area contributed by atoms with Crippen molar-refractivity contribution in [2.24, 2.45) is 5.73 Å². The maximum absolute atomic E-state index is 5.84. The fourth-order valence-electron chi connectivity index (χ4n) is 2.18. The van der Waals surface area contributed by atoms with Crippen LogP contribution >= 0.6 is 0 Å². The summed E-state index contributed by atoms with van der Waals surface area (Å²) in [5.74, 6) is 1.39. The number of rotatable bonds is 5. The zero-order chi connectivity index (χ0) is 15.5. The standard InChI is InChI=1S/C18H24N2O/c1-5-18(3,4)15-6-8-16(9-7-15)21-17-11-14(12-19)10-13(2)20-17/h6-11H,5,12,19H2,1-4H3. The van der Waals surface area contributed by atoms with Crippen LogP contribution < -0.4 is 10.5 Å². The van der Waals surface area contributed by atoms with Crippen molar-refractivity contribution < 1.29 is 4.74 Å². The van der Waals surface area contributed by atoms with Crippen molar-refractivity contribution in [3.8, 4) is 11.6 Å². The Morgan fingerprint density at radius 3 is 2.38 bits per heavy atom. The first-order valence-corrected chi connectivity index (χ1v) is 7.40. The molecule has 0 spiro atoms. The van der Waals surface area contributed by atoms with E-state index in [0.717, 1.165) is 23.4 Å². The molecule has 21 heavy (non-hydrogen) atoms. The van der Waals surface area contributed by atoms with Crippen LogP contribution in [0.2, 0.25) is 0 Å². The van der Waals surface area contributed by atoms with E-state index in [2.05, 4.69) is 37.9 Å². The molecule has 0 aliphatic rings. The van der Waals surface area contributed by atoms with Crippen molar-refractivity contribution in [2.75, 3.05) is 0 Å². The van der Waals surface area contributed by atoms with Crippen molar-refractivity contribution in [3.63, 3.8) is 0 Å². The molecule has 2 aromatic rings. The quantitative estimate of drug-likeness (QED) is 0.889. The van der Waals surface area contributed by atoms with E-state index in [1.807, 2.05) is 31.2 Å². The number of nitrogens with two attached hydrogens (primary N) is 1. The number of nitrogens with zero attached hydrogens (tertiary/aromatic N) is 1. The van der Waals surface area contributed by atoms with Crippen LogP contribution in [0.1, 0.15) is 44.0 Å². The molecule has 1 aromatic carbocycles. The molecule has 0 fully saturated rings. The van der Waals surface area contributed by atoms with E-state index in [-0.39, 0.29) is 5.41 Å². The number of ether oxygens (including phenoxy) is 1. The maximum Gasteiger partial charge on any atom is 0.219 e. The van der Waals surface area contributed by atoms with E-state index >= 15 is 0 Å². The predicted molar refractivity (Wildman–Crippen MR) is 86.7 cm³/mol. The monoisotopic (exact) mass is 284 g/mol. The van der Waals surface area contributed by atoms with Gasteiger partial charge in [-0.05, 0) is 48.1 Å². The summed E-state index contributed by atoms with van der Waals surface area (Å²) in [5.41, 5.74) is 9.13. The fraction of sp³-hybridized carbons (Fsp3) is 0.389. The van der Waals surface area contributed by atoms with Crippen molar-refractivity contribution in [1.29, 1.82) is 0 Å². The summed E-state index contributed by atoms with van der Waals surface area (Å²) < 4.78 is 5.84. The van der Waals surface area contributed by atoms with E-state index < -0.39 is 0 Å². The lowest BCUT2D eigenvalue weighted by Crippen LogP contribution is -2.14. The highest BCUT2D eigenvalue weighted by Gasteiger charge is 2.17. The van der Waals surface area contributed by atoms with Crippen LogP contribution in [0.3, 0.4) is 0 Å². The Labute approximate surface area is 127 Å². The minimum absolute atomic E-state index is 0.187. The Bertz CT molecular complexity index is 603. The summed E-state index contributed by atoms with van der Waals surface area (Å²) in [4.78, 5) is 4.39. The SMILES string of the molecule is CCC(C)(C)c1ccc(Oc2cc(CN)cc(C)n2)cc1. The average Bonchev–Trinajstić information content (AvgIpc) is 2.47. The van der Waals surface area contributed by atoms with Crippen LogP contribution in [-0.2, 0) is 12.0 Å². The predicted octanol–water partition coefficient (Wildman–Crippen LogP) is 4.33. The van der Waals surface area contributed by atoms with Crippen LogP contribution in [0.25, 0.3) is 0 Å². The normalized spacial score (nSPS) is 11.5. The lowest BCUT2D eigenvalue weighted by molar-refractivity contribution is 0.458. The van der Waals surface area contributed by atoms with E-state index in [0.29, 0.717) is 12.4 Å². The first-order chi connectivity index (χ1) is 9.94. The first kappa shape index (κ1) is 15.5. The highest BCUT2D eigenvalue weighted by atomic mass is 16.5. The van der Waals surface area contributed by atoms with Crippen molar-refractivity contribution in [3.05, 3.63) is 53.2 Å². The summed E-state index contributed by atoms with van der Waals surface area (Å²) in [5, 5.41) is 0. The number of pyridine rings is 1. The maximum atomic E-state index is 5.84. The van der Waals surface area contributed by atoms with Gasteiger partial charge in [-0.25, -0.2) is 4.98 Å². The van der Waals surface area contributed by atoms with Crippen molar-refractivity contribution in [2.45, 2.75) is 46.1 Å². The molecule has 0 bridgehead atoms. The van der Waals surface area contributed by atoms with Crippen LogP contribution in [0, 0.1) is 6.92 Å². The Hall–Kier alpha value is -1.87. The van der Waals surface area contributed by atoms with Gasteiger partial charge in [-0.1, -0.05) is 32.9 Å². The van der Waals surface area contributed by atoms with Gasteiger partial charge in [0.15, 0.2) is 0 Å². The van der Waals surface area contributed by atoms with Gasteiger partial charge in [0.2, 0.25) is 5.88 Å². The summed E-state index contributed by atoms with van der Waals surface area (Å²) in [6, 6.07) is 12.1. The number of hydrogen-bond acceptors (Lipinski definition) is 3. The molecule has 3 nitrogen and oxygen atoms in total. The molecule has 0 radical (unpaired) electrons. The van der Waals surface area contributed by atoms with Gasteiger partial charge in [-0.3, -0.25) is 0 Å². The minimum Gasteiger partial charge on any atom is -0.439 e. The van der Waals surface area contributed by atoms with Gasteiger partial charge in [0.25, 0.3) is 0 Å². The molecule has 2 rings (SSSR count). The third kappa shape index (κ3) is 3.82. The van der Waals surface area contributed by atoms with Gasteiger partial charge < -0.3 is 10.5 Å². The van der Waals surface area contributed by atoms with Gasteiger partial charge in [-0.2, -0.15) is 0 Å². The van der Waals surface area contributed by atoms with Crippen LogP contribution in [0.5, 0.6) is 11.6 Å². The highest BCUT2D eigenvalue weighted by molar-refractivity contribution is 5.34. The van der Waals surface area contributed by atoms with Gasteiger partial charge in [0, 0.05) is 18.3 Å². The second-order valence-corrected chi connectivity index (χ2v) is 6.02. The molecular weight excluding hydrogens is 260 g/mol. The Morgan fingerprint density at radius 2 is 1.81 bits per heavy atom. The molecule has 3 heteroatoms. The number of aromatic nitrogens is 1. The summed E-state index contributed by atoms with van der Waals surface area (Å²) in [6.45, 7) is 9.13. The molecule has 1 aromatic heterocycles. The summed E-state index contributed by atoms with van der Waals surface area (Å²) in [7, 11) is 0. The lowest BCUT2D eigenvalue weighted by Gasteiger charge is -2.23. The number of aryl methyl sites for hydroxylation is 1. The smallest absolute Gasteiger partial charge is 0.219 e. The first-order valence-electron chi connectivity index (χ1n) is 7.40. The molecule has 0 atom stereocenters. The molecule has 0 amide bonds. The number of hydrogen-bond donors (Lipinski definition) is 1. The van der Waals surface area contributed by atoms with E-state index in [9.17, 15) is 0 Å². The summed E-state index contributed by atoms with van der Waals surface area (Å²) in [6.07, 6.45) is 1.10. The van der Waals surface area contributed by atoms with Crippen LogP contribution in [0.15, 0.2) is 36.4 Å². The molecule has 0 aliphatic heterocycles. The average molecular weight is 284 g/mol. The van der Waals surface area contributed by atoms with E-state index in [1.54, 1.807) is 0 Å². The van der Waals surface area contributed by atoms with Gasteiger partial charge in [0.1, 0.15) is 5.75 Å². The highest BCUT2D eigenvalue weighted by Crippen LogP contribution is 2.29. The second-order valence-electron chi connectivity index (χ2n) is 6.02. The fourth-order valence-corrected chi connectivity index (χ4v) is 2.18. The zero-order valence-electron chi connectivity index (χ0n) is 13.3. The molecule has 0 saturated heterocycles. The van der Waals surface area contributed by atoms with Gasteiger partial charge in [0.05, 0.1) is 0 Å². The Morgan fingerprint density at radius 1 is 1.14 bits per heavy atom. The van der Waals surface area contributed by atoms with Gasteiger partial charge in [-0.15, -0.1) is 0 Å². The largest absolute Gasteiger partial charge is 0.439 e. The molecule has 0 aliphatic carbocycles.